The van der Waals surface area contributed by atoms with Gasteiger partial charge >= 0.3 is 5.97 Å². The number of hydrogen-bond acceptors (Lipinski definition) is 5. The van der Waals surface area contributed by atoms with Crippen molar-refractivity contribution in [3.05, 3.63) is 59.1 Å². The third-order valence-corrected chi connectivity index (χ3v) is 5.22. The largest absolute Gasteiger partial charge is 0.490 e. The first-order chi connectivity index (χ1) is 11.4. The number of sulfone groups is 1. The number of ether oxygens (including phenoxy) is 2. The molecule has 0 fully saturated rings. The lowest BCUT2D eigenvalue weighted by Gasteiger charge is -2.10. The predicted octanol–water partition coefficient (Wildman–Crippen LogP) is 3.37. The summed E-state index contributed by atoms with van der Waals surface area (Å²) in [6.45, 7) is 1.65. The number of carbonyl (C=O) groups is 1. The van der Waals surface area contributed by atoms with E-state index in [2.05, 4.69) is 0 Å². The van der Waals surface area contributed by atoms with Crippen molar-refractivity contribution in [1.82, 2.24) is 0 Å². The lowest BCUT2D eigenvalue weighted by Crippen LogP contribution is -2.16. The molecule has 0 atom stereocenters. The zero-order valence-electron chi connectivity index (χ0n) is 13.1. The van der Waals surface area contributed by atoms with Crippen LogP contribution in [0.2, 0.25) is 5.02 Å². The second-order valence-corrected chi connectivity index (χ2v) is 7.52. The van der Waals surface area contributed by atoms with Crippen molar-refractivity contribution in [3.8, 4) is 5.75 Å². The van der Waals surface area contributed by atoms with Gasteiger partial charge in [0.25, 0.3) is 0 Å². The second-order valence-electron chi connectivity index (χ2n) is 4.84. The van der Waals surface area contributed by atoms with Gasteiger partial charge in [-0.05, 0) is 30.3 Å². The highest BCUT2D eigenvalue weighted by atomic mass is 35.5. The van der Waals surface area contributed by atoms with Crippen LogP contribution in [0.5, 0.6) is 5.75 Å². The van der Waals surface area contributed by atoms with Gasteiger partial charge in [0.05, 0.1) is 16.2 Å². The van der Waals surface area contributed by atoms with Crippen LogP contribution in [-0.4, -0.2) is 33.4 Å². The maximum Gasteiger partial charge on any atom is 0.339 e. The van der Waals surface area contributed by atoms with Crippen LogP contribution >= 0.6 is 11.6 Å². The summed E-state index contributed by atoms with van der Waals surface area (Å²) in [6.07, 6.45) is 0. The average Bonchev–Trinajstić information content (AvgIpc) is 2.58. The summed E-state index contributed by atoms with van der Waals surface area (Å²) in [4.78, 5) is 12.1. The average molecular weight is 369 g/mol. The van der Waals surface area contributed by atoms with Crippen LogP contribution in [-0.2, 0) is 14.6 Å². The summed E-state index contributed by atoms with van der Waals surface area (Å²) in [5, 5.41) is 0.545. The standard InChI is InChI=1S/C17H17ClO5S/c1-2-24(20,21)16-9-4-3-8-15(16)17(19)23-11-10-22-14-7-5-6-13(18)12-14/h3-9,12H,2,10-11H2,1H3. The summed E-state index contributed by atoms with van der Waals surface area (Å²) >= 11 is 5.84. The van der Waals surface area contributed by atoms with E-state index in [9.17, 15) is 13.2 Å². The monoisotopic (exact) mass is 368 g/mol. The smallest absolute Gasteiger partial charge is 0.339 e. The van der Waals surface area contributed by atoms with E-state index in [1.165, 1.54) is 19.1 Å². The number of carbonyl (C=O) groups excluding carboxylic acids is 1. The fraction of sp³-hybridized carbons (Fsp3) is 0.235. The predicted molar refractivity (Wildman–Crippen MR) is 91.4 cm³/mol. The Kier molecular flexibility index (Phi) is 6.23. The van der Waals surface area contributed by atoms with Crippen LogP contribution in [0.4, 0.5) is 0 Å². The van der Waals surface area contributed by atoms with Crippen molar-refractivity contribution in [1.29, 1.82) is 0 Å². The molecule has 0 N–H and O–H groups in total. The lowest BCUT2D eigenvalue weighted by atomic mass is 10.2. The summed E-state index contributed by atoms with van der Waals surface area (Å²) < 4.78 is 34.6. The molecule has 0 spiro atoms. The van der Waals surface area contributed by atoms with Gasteiger partial charge in [-0.1, -0.05) is 36.7 Å². The summed E-state index contributed by atoms with van der Waals surface area (Å²) in [7, 11) is -3.50. The van der Waals surface area contributed by atoms with Gasteiger partial charge in [-0.3, -0.25) is 0 Å². The maximum atomic E-state index is 12.1. The molecule has 128 valence electrons. The van der Waals surface area contributed by atoms with Gasteiger partial charge in [0.2, 0.25) is 0 Å². The van der Waals surface area contributed by atoms with Crippen LogP contribution < -0.4 is 4.74 Å². The molecule has 0 heterocycles. The minimum atomic E-state index is -3.50. The minimum absolute atomic E-state index is 0.00808. The Labute approximate surface area is 146 Å². The van der Waals surface area contributed by atoms with E-state index in [0.717, 1.165) is 0 Å². The molecular weight excluding hydrogens is 352 g/mol. The third kappa shape index (κ3) is 4.72. The zero-order chi connectivity index (χ0) is 17.6. The van der Waals surface area contributed by atoms with Crippen LogP contribution in [0, 0.1) is 0 Å². The van der Waals surface area contributed by atoms with Crippen LogP contribution in [0.3, 0.4) is 0 Å². The Morgan fingerprint density at radius 1 is 1.08 bits per heavy atom. The number of esters is 1. The Hall–Kier alpha value is -2.05. The molecule has 0 aliphatic heterocycles. The van der Waals surface area contributed by atoms with E-state index in [1.807, 2.05) is 0 Å². The normalized spacial score (nSPS) is 11.1. The molecule has 0 aromatic heterocycles. The van der Waals surface area contributed by atoms with Crippen molar-refractivity contribution < 1.29 is 22.7 Å². The SMILES string of the molecule is CCS(=O)(=O)c1ccccc1C(=O)OCCOc1cccc(Cl)c1. The number of hydrogen-bond donors (Lipinski definition) is 0. The van der Waals surface area contributed by atoms with Crippen molar-refractivity contribution >= 4 is 27.4 Å². The molecule has 2 rings (SSSR count). The summed E-state index contributed by atoms with van der Waals surface area (Å²) in [5.74, 6) is -0.223. The van der Waals surface area contributed by atoms with Crippen molar-refractivity contribution in [3.63, 3.8) is 0 Å². The first kappa shape index (κ1) is 18.3. The van der Waals surface area contributed by atoms with Gasteiger partial charge in [-0.15, -0.1) is 0 Å². The molecule has 0 bridgehead atoms. The molecule has 0 saturated carbocycles. The quantitative estimate of drug-likeness (QED) is 0.553. The summed E-state index contributed by atoms with van der Waals surface area (Å²) in [6, 6.07) is 12.8. The molecular formula is C17H17ClO5S. The molecule has 0 aliphatic carbocycles. The van der Waals surface area contributed by atoms with Crippen molar-refractivity contribution in [2.45, 2.75) is 11.8 Å². The van der Waals surface area contributed by atoms with E-state index in [4.69, 9.17) is 21.1 Å². The minimum Gasteiger partial charge on any atom is -0.490 e. The van der Waals surface area contributed by atoms with E-state index in [1.54, 1.807) is 36.4 Å². The van der Waals surface area contributed by atoms with Crippen molar-refractivity contribution in [2.75, 3.05) is 19.0 Å². The summed E-state index contributed by atoms with van der Waals surface area (Å²) in [5.41, 5.74) is 0.0297. The molecule has 0 radical (unpaired) electrons. The van der Waals surface area contributed by atoms with Crippen LogP contribution in [0.1, 0.15) is 17.3 Å². The molecule has 2 aromatic rings. The highest BCUT2D eigenvalue weighted by Crippen LogP contribution is 2.19. The Balaban J connectivity index is 1.96. The molecule has 24 heavy (non-hydrogen) atoms. The molecule has 2 aromatic carbocycles. The molecule has 7 heteroatoms. The van der Waals surface area contributed by atoms with Gasteiger partial charge in [0, 0.05) is 5.02 Å². The second kappa shape index (κ2) is 8.17. The van der Waals surface area contributed by atoms with Gasteiger partial charge in [-0.2, -0.15) is 0 Å². The van der Waals surface area contributed by atoms with E-state index in [0.29, 0.717) is 10.8 Å². The Morgan fingerprint density at radius 2 is 1.83 bits per heavy atom. The molecule has 5 nitrogen and oxygen atoms in total. The Morgan fingerprint density at radius 3 is 2.54 bits per heavy atom. The number of halogens is 1. The first-order valence-electron chi connectivity index (χ1n) is 7.31. The highest BCUT2D eigenvalue weighted by molar-refractivity contribution is 7.91. The Bertz CT molecular complexity index is 817. The highest BCUT2D eigenvalue weighted by Gasteiger charge is 2.21. The van der Waals surface area contributed by atoms with Gasteiger partial charge in [0.1, 0.15) is 19.0 Å². The third-order valence-electron chi connectivity index (χ3n) is 3.20. The van der Waals surface area contributed by atoms with Crippen LogP contribution in [0.15, 0.2) is 53.4 Å². The van der Waals surface area contributed by atoms with Gasteiger partial charge in [0.15, 0.2) is 9.84 Å². The van der Waals surface area contributed by atoms with Crippen LogP contribution in [0.25, 0.3) is 0 Å². The van der Waals surface area contributed by atoms with E-state index < -0.39 is 15.8 Å². The van der Waals surface area contributed by atoms with E-state index in [-0.39, 0.29) is 29.4 Å². The fourth-order valence-electron chi connectivity index (χ4n) is 1.99. The number of benzene rings is 2. The van der Waals surface area contributed by atoms with Crippen molar-refractivity contribution in [2.24, 2.45) is 0 Å². The topological polar surface area (TPSA) is 69.7 Å². The van der Waals surface area contributed by atoms with E-state index >= 15 is 0 Å². The maximum absolute atomic E-state index is 12.1. The molecule has 0 aliphatic rings. The van der Waals surface area contributed by atoms with Gasteiger partial charge < -0.3 is 9.47 Å². The van der Waals surface area contributed by atoms with Gasteiger partial charge in [-0.25, -0.2) is 13.2 Å². The fourth-order valence-corrected chi connectivity index (χ4v) is 3.25. The molecule has 0 amide bonds. The molecule has 0 saturated heterocycles. The number of rotatable bonds is 7. The first-order valence-corrected chi connectivity index (χ1v) is 9.34. The molecule has 0 unspecified atom stereocenters. The zero-order valence-corrected chi connectivity index (χ0v) is 14.6. The lowest BCUT2D eigenvalue weighted by molar-refractivity contribution is 0.0446.